The van der Waals surface area contributed by atoms with Gasteiger partial charge in [0.15, 0.2) is 0 Å². The van der Waals surface area contributed by atoms with Crippen molar-refractivity contribution in [2.24, 2.45) is 5.92 Å². The van der Waals surface area contributed by atoms with E-state index in [9.17, 15) is 14.0 Å². The molecule has 0 aliphatic heterocycles. The summed E-state index contributed by atoms with van der Waals surface area (Å²) in [4.78, 5) is 28.1. The van der Waals surface area contributed by atoms with Crippen LogP contribution in [0.15, 0.2) is 53.1 Å². The van der Waals surface area contributed by atoms with E-state index in [4.69, 9.17) is 4.52 Å². The lowest BCUT2D eigenvalue weighted by molar-refractivity contribution is -0.119. The van der Waals surface area contributed by atoms with E-state index in [1.165, 1.54) is 12.1 Å². The van der Waals surface area contributed by atoms with Crippen LogP contribution in [0.3, 0.4) is 0 Å². The first kappa shape index (κ1) is 21.2. The first-order valence-corrected chi connectivity index (χ1v) is 9.70. The van der Waals surface area contributed by atoms with Crippen molar-refractivity contribution >= 4 is 23.2 Å². The minimum Gasteiger partial charge on any atom is -0.339 e. The van der Waals surface area contributed by atoms with Crippen molar-refractivity contribution in [3.8, 4) is 11.4 Å². The topological polar surface area (TPSA) is 97.1 Å². The lowest BCUT2D eigenvalue weighted by Gasteiger charge is -2.09. The first-order chi connectivity index (χ1) is 14.4. The van der Waals surface area contributed by atoms with Gasteiger partial charge in [-0.05, 0) is 55.0 Å². The van der Waals surface area contributed by atoms with Gasteiger partial charge in [0.2, 0.25) is 23.5 Å². The predicted molar refractivity (Wildman–Crippen MR) is 111 cm³/mol. The summed E-state index contributed by atoms with van der Waals surface area (Å²) >= 11 is 0. The Labute approximate surface area is 173 Å². The maximum atomic E-state index is 13.0. The fourth-order valence-electron chi connectivity index (χ4n) is 2.62. The highest BCUT2D eigenvalue weighted by molar-refractivity contribution is 5.93. The molecule has 7 nitrogen and oxygen atoms in total. The summed E-state index contributed by atoms with van der Waals surface area (Å²) in [7, 11) is 0. The Bertz CT molecular complexity index is 998. The Hall–Kier alpha value is -3.55. The minimum absolute atomic E-state index is 0.0598. The van der Waals surface area contributed by atoms with Crippen LogP contribution in [-0.4, -0.2) is 22.0 Å². The lowest BCUT2D eigenvalue weighted by Crippen LogP contribution is -2.17. The van der Waals surface area contributed by atoms with Gasteiger partial charge in [-0.15, -0.1) is 0 Å². The van der Waals surface area contributed by atoms with Crippen molar-refractivity contribution in [3.63, 3.8) is 0 Å². The molecule has 30 heavy (non-hydrogen) atoms. The van der Waals surface area contributed by atoms with Gasteiger partial charge in [-0.3, -0.25) is 9.59 Å². The smallest absolute Gasteiger partial charge is 0.226 e. The van der Waals surface area contributed by atoms with Crippen molar-refractivity contribution in [2.45, 2.75) is 33.1 Å². The average Bonchev–Trinajstić information content (AvgIpc) is 3.19. The molecule has 156 valence electrons. The number of aromatic nitrogens is 2. The van der Waals surface area contributed by atoms with Crippen LogP contribution in [-0.2, 0) is 16.0 Å². The van der Waals surface area contributed by atoms with E-state index in [1.807, 2.05) is 13.8 Å². The summed E-state index contributed by atoms with van der Waals surface area (Å²) in [5.41, 5.74) is 2.00. The molecule has 0 aliphatic carbocycles. The van der Waals surface area contributed by atoms with Crippen LogP contribution in [0.2, 0.25) is 0 Å². The zero-order valence-corrected chi connectivity index (χ0v) is 16.8. The van der Waals surface area contributed by atoms with Crippen molar-refractivity contribution in [2.75, 3.05) is 10.6 Å². The number of benzene rings is 2. The normalized spacial score (nSPS) is 10.8. The molecule has 0 radical (unpaired) electrons. The zero-order chi connectivity index (χ0) is 21.5. The number of halogens is 1. The maximum Gasteiger partial charge on any atom is 0.226 e. The molecule has 0 fully saturated rings. The quantitative estimate of drug-likeness (QED) is 0.573. The third kappa shape index (κ3) is 5.97. The van der Waals surface area contributed by atoms with Crippen LogP contribution in [0.1, 0.15) is 32.6 Å². The predicted octanol–water partition coefficient (Wildman–Crippen LogP) is 4.43. The van der Waals surface area contributed by atoms with Gasteiger partial charge < -0.3 is 15.2 Å². The average molecular weight is 410 g/mol. The van der Waals surface area contributed by atoms with Gasteiger partial charge in [-0.2, -0.15) is 4.98 Å². The van der Waals surface area contributed by atoms with Gasteiger partial charge in [0.05, 0.1) is 0 Å². The van der Waals surface area contributed by atoms with E-state index in [2.05, 4.69) is 20.8 Å². The van der Waals surface area contributed by atoms with Gasteiger partial charge in [-0.1, -0.05) is 19.0 Å². The minimum atomic E-state index is -0.330. The second-order valence-corrected chi connectivity index (χ2v) is 7.14. The Morgan fingerprint density at radius 1 is 1.00 bits per heavy atom. The van der Waals surface area contributed by atoms with Crippen LogP contribution >= 0.6 is 0 Å². The molecule has 3 aromatic rings. The summed E-state index contributed by atoms with van der Waals surface area (Å²) in [5.74, 6) is 0.188. The fraction of sp³-hybridized carbons (Fsp3) is 0.273. The molecular weight excluding hydrogens is 387 g/mol. The van der Waals surface area contributed by atoms with Gasteiger partial charge in [0.1, 0.15) is 5.82 Å². The highest BCUT2D eigenvalue weighted by atomic mass is 19.1. The molecule has 0 aliphatic rings. The molecule has 8 heteroatoms. The molecule has 0 saturated carbocycles. The molecule has 0 unspecified atom stereocenters. The van der Waals surface area contributed by atoms with E-state index >= 15 is 0 Å². The van der Waals surface area contributed by atoms with Crippen molar-refractivity contribution < 1.29 is 18.5 Å². The number of aryl methyl sites for hydroxylation is 1. The van der Waals surface area contributed by atoms with Gasteiger partial charge in [-0.25, -0.2) is 4.39 Å². The number of nitrogens with zero attached hydrogens (tertiary/aromatic N) is 2. The first-order valence-electron chi connectivity index (χ1n) is 9.70. The third-order valence-electron chi connectivity index (χ3n) is 4.33. The van der Waals surface area contributed by atoms with Crippen LogP contribution in [0.4, 0.5) is 15.8 Å². The zero-order valence-electron chi connectivity index (χ0n) is 16.8. The van der Waals surface area contributed by atoms with Crippen molar-refractivity contribution in [1.82, 2.24) is 10.1 Å². The highest BCUT2D eigenvalue weighted by Crippen LogP contribution is 2.18. The SMILES string of the molecule is CC(C)C(=O)Nc1ccc(NC(=O)CCCc2nc(-c3ccc(F)cc3)no2)cc1. The summed E-state index contributed by atoms with van der Waals surface area (Å²) in [6.07, 6.45) is 1.29. The molecule has 0 saturated heterocycles. The summed E-state index contributed by atoms with van der Waals surface area (Å²) in [6, 6.07) is 12.8. The standard InChI is InChI=1S/C22H23FN4O3/c1-14(2)22(29)25-18-12-10-17(11-13-18)24-19(28)4-3-5-20-26-21(27-30-20)15-6-8-16(23)9-7-15/h6-14H,3-5H2,1-2H3,(H,24,28)(H,25,29). The van der Waals surface area contributed by atoms with Gasteiger partial charge in [0.25, 0.3) is 0 Å². The highest BCUT2D eigenvalue weighted by Gasteiger charge is 2.11. The number of anilines is 2. The van der Waals surface area contributed by atoms with Crippen LogP contribution in [0.25, 0.3) is 11.4 Å². The Balaban J connectivity index is 1.44. The summed E-state index contributed by atoms with van der Waals surface area (Å²) in [5, 5.41) is 9.49. The monoisotopic (exact) mass is 410 g/mol. The molecule has 1 heterocycles. The molecule has 3 rings (SSSR count). The number of hydrogen-bond acceptors (Lipinski definition) is 5. The molecule has 2 N–H and O–H groups in total. The van der Waals surface area contributed by atoms with E-state index < -0.39 is 0 Å². The lowest BCUT2D eigenvalue weighted by atomic mass is 10.2. The molecule has 0 bridgehead atoms. The van der Waals surface area contributed by atoms with Crippen molar-refractivity contribution in [3.05, 3.63) is 60.2 Å². The molecule has 0 spiro atoms. The van der Waals surface area contributed by atoms with Gasteiger partial charge >= 0.3 is 0 Å². The van der Waals surface area contributed by atoms with Crippen LogP contribution in [0, 0.1) is 11.7 Å². The van der Waals surface area contributed by atoms with Gasteiger partial charge in [0, 0.05) is 35.7 Å². The second-order valence-electron chi connectivity index (χ2n) is 7.14. The number of nitrogens with one attached hydrogen (secondary N) is 2. The van der Waals surface area contributed by atoms with E-state index in [-0.39, 0.29) is 23.5 Å². The molecule has 1 aromatic heterocycles. The molecule has 2 aromatic carbocycles. The fourth-order valence-corrected chi connectivity index (χ4v) is 2.62. The summed E-state index contributed by atoms with van der Waals surface area (Å²) < 4.78 is 18.2. The van der Waals surface area contributed by atoms with Crippen molar-refractivity contribution in [1.29, 1.82) is 0 Å². The Morgan fingerprint density at radius 3 is 2.27 bits per heavy atom. The number of carbonyl (C=O) groups excluding carboxylic acids is 2. The molecular formula is C22H23FN4O3. The maximum absolute atomic E-state index is 13.0. The summed E-state index contributed by atoms with van der Waals surface area (Å²) in [6.45, 7) is 3.64. The van der Waals surface area contributed by atoms with E-state index in [0.717, 1.165) is 0 Å². The second kappa shape index (κ2) is 9.78. The van der Waals surface area contributed by atoms with E-state index in [1.54, 1.807) is 36.4 Å². The largest absolute Gasteiger partial charge is 0.339 e. The van der Waals surface area contributed by atoms with E-state index in [0.29, 0.717) is 47.9 Å². The number of hydrogen-bond donors (Lipinski definition) is 2. The number of carbonyl (C=O) groups is 2. The Kier molecular flexibility index (Phi) is 6.90. The number of amides is 2. The molecule has 2 amide bonds. The van der Waals surface area contributed by atoms with Crippen LogP contribution < -0.4 is 10.6 Å². The molecule has 0 atom stereocenters. The number of rotatable bonds is 8. The van der Waals surface area contributed by atoms with Crippen LogP contribution in [0.5, 0.6) is 0 Å². The third-order valence-corrected chi connectivity index (χ3v) is 4.33. The Morgan fingerprint density at radius 2 is 1.63 bits per heavy atom.